The summed E-state index contributed by atoms with van der Waals surface area (Å²) in [5.74, 6) is 3.34. The summed E-state index contributed by atoms with van der Waals surface area (Å²) in [6.07, 6.45) is 9.80. The molecule has 0 saturated heterocycles. The lowest BCUT2D eigenvalue weighted by Crippen LogP contribution is -2.18. The van der Waals surface area contributed by atoms with Crippen molar-refractivity contribution < 1.29 is 0 Å². The summed E-state index contributed by atoms with van der Waals surface area (Å²) in [5, 5.41) is 6.78. The van der Waals surface area contributed by atoms with Crippen LogP contribution < -0.4 is 10.6 Å². The maximum absolute atomic E-state index is 4.64. The number of fused-ring (bicyclic) bond motifs is 1. The van der Waals surface area contributed by atoms with E-state index in [0.29, 0.717) is 0 Å². The van der Waals surface area contributed by atoms with Gasteiger partial charge in [-0.25, -0.2) is 9.97 Å². The molecule has 1 fully saturated rings. The Morgan fingerprint density at radius 2 is 2.25 bits per heavy atom. The highest BCUT2D eigenvalue weighted by molar-refractivity contribution is 5.65. The van der Waals surface area contributed by atoms with Crippen LogP contribution in [-0.2, 0) is 0 Å². The number of nitrogens with one attached hydrogen (secondary N) is 2. The minimum atomic E-state index is 0.759. The van der Waals surface area contributed by atoms with Crippen LogP contribution in [0, 0.1) is 11.8 Å². The molecule has 2 aromatic heterocycles. The fourth-order valence-electron chi connectivity index (χ4n) is 3.07. The number of anilines is 2. The third-order valence-corrected chi connectivity index (χ3v) is 4.30. The minimum Gasteiger partial charge on any atom is -0.369 e. The average molecular weight is 273 g/mol. The summed E-state index contributed by atoms with van der Waals surface area (Å²) in [6, 6.07) is 0. The Bertz CT molecular complexity index is 577. The Morgan fingerprint density at radius 1 is 1.35 bits per heavy atom. The molecule has 0 spiro atoms. The molecule has 5 nitrogen and oxygen atoms in total. The van der Waals surface area contributed by atoms with Gasteiger partial charge in [0.05, 0.1) is 6.20 Å². The molecule has 3 rings (SSSR count). The second-order valence-electron chi connectivity index (χ2n) is 5.71. The van der Waals surface area contributed by atoms with Crippen LogP contribution in [0.4, 0.5) is 11.6 Å². The molecule has 2 N–H and O–H groups in total. The van der Waals surface area contributed by atoms with Crippen molar-refractivity contribution in [2.75, 3.05) is 23.7 Å². The fourth-order valence-corrected chi connectivity index (χ4v) is 3.07. The van der Waals surface area contributed by atoms with Crippen molar-refractivity contribution >= 4 is 17.3 Å². The van der Waals surface area contributed by atoms with Crippen molar-refractivity contribution in [1.29, 1.82) is 0 Å². The highest BCUT2D eigenvalue weighted by Crippen LogP contribution is 2.31. The second kappa shape index (κ2) is 5.69. The van der Waals surface area contributed by atoms with E-state index in [9.17, 15) is 0 Å². The van der Waals surface area contributed by atoms with E-state index >= 15 is 0 Å². The first-order chi connectivity index (χ1) is 9.78. The summed E-state index contributed by atoms with van der Waals surface area (Å²) >= 11 is 0. The van der Waals surface area contributed by atoms with Gasteiger partial charge in [0.15, 0.2) is 11.5 Å². The maximum Gasteiger partial charge on any atom is 0.180 e. The normalized spacial score (nSPS) is 22.3. The summed E-state index contributed by atoms with van der Waals surface area (Å²) in [7, 11) is 0. The number of hydrogen-bond donors (Lipinski definition) is 2. The van der Waals surface area contributed by atoms with Crippen LogP contribution in [0.1, 0.15) is 33.1 Å². The van der Waals surface area contributed by atoms with Gasteiger partial charge in [-0.3, -0.25) is 0 Å². The van der Waals surface area contributed by atoms with Gasteiger partial charge in [-0.2, -0.15) is 0 Å². The number of aromatic nitrogens is 3. The Hall–Kier alpha value is -1.78. The number of nitrogens with zero attached hydrogens (tertiary/aromatic N) is 3. The van der Waals surface area contributed by atoms with E-state index in [1.54, 1.807) is 0 Å². The first-order valence-electron chi connectivity index (χ1n) is 7.59. The van der Waals surface area contributed by atoms with E-state index < -0.39 is 0 Å². The molecule has 0 bridgehead atoms. The highest BCUT2D eigenvalue weighted by Gasteiger charge is 2.23. The van der Waals surface area contributed by atoms with Crippen molar-refractivity contribution in [3.63, 3.8) is 0 Å². The second-order valence-corrected chi connectivity index (χ2v) is 5.71. The Balaban J connectivity index is 1.80. The van der Waals surface area contributed by atoms with E-state index in [0.717, 1.165) is 42.2 Å². The lowest BCUT2D eigenvalue weighted by molar-refractivity contribution is 0.439. The average Bonchev–Trinajstić information content (AvgIpc) is 3.05. The molecular weight excluding hydrogens is 250 g/mol. The van der Waals surface area contributed by atoms with E-state index in [2.05, 4.69) is 34.4 Å². The summed E-state index contributed by atoms with van der Waals surface area (Å²) in [4.78, 5) is 9.04. The quantitative estimate of drug-likeness (QED) is 0.879. The fraction of sp³-hybridized carbons (Fsp3) is 0.600. The number of hydrogen-bond acceptors (Lipinski definition) is 4. The van der Waals surface area contributed by atoms with Crippen LogP contribution >= 0.6 is 0 Å². The Morgan fingerprint density at radius 3 is 3.00 bits per heavy atom. The van der Waals surface area contributed by atoms with Gasteiger partial charge in [0, 0.05) is 25.5 Å². The monoisotopic (exact) mass is 273 g/mol. The van der Waals surface area contributed by atoms with Gasteiger partial charge in [0.1, 0.15) is 5.82 Å². The molecule has 2 unspecified atom stereocenters. The molecule has 0 aromatic carbocycles. The van der Waals surface area contributed by atoms with Gasteiger partial charge in [-0.05, 0) is 25.2 Å². The van der Waals surface area contributed by atoms with Crippen LogP contribution in [0.5, 0.6) is 0 Å². The summed E-state index contributed by atoms with van der Waals surface area (Å²) < 4.78 is 2.02. The SMILES string of the molecule is CCNc1cn2ccnc2c(NCC2CCCC2C)n1. The number of imidazole rings is 1. The maximum atomic E-state index is 4.64. The minimum absolute atomic E-state index is 0.759. The molecular formula is C15H23N5. The molecule has 0 radical (unpaired) electrons. The van der Waals surface area contributed by atoms with Gasteiger partial charge in [-0.1, -0.05) is 19.8 Å². The van der Waals surface area contributed by atoms with E-state index in [1.807, 2.05) is 23.0 Å². The standard InChI is InChI=1S/C15H23N5/c1-3-16-13-10-20-8-7-17-15(20)14(19-13)18-9-12-6-4-5-11(12)2/h7-8,10-12,16H,3-6,9H2,1-2H3,(H,18,19). The van der Waals surface area contributed by atoms with Crippen LogP contribution in [0.2, 0.25) is 0 Å². The van der Waals surface area contributed by atoms with E-state index in [-0.39, 0.29) is 0 Å². The van der Waals surface area contributed by atoms with Crippen molar-refractivity contribution in [1.82, 2.24) is 14.4 Å². The molecule has 0 aliphatic heterocycles. The lowest BCUT2D eigenvalue weighted by Gasteiger charge is -2.17. The van der Waals surface area contributed by atoms with Crippen LogP contribution in [0.15, 0.2) is 18.6 Å². The van der Waals surface area contributed by atoms with Gasteiger partial charge in [0.2, 0.25) is 0 Å². The first-order valence-corrected chi connectivity index (χ1v) is 7.59. The first kappa shape index (κ1) is 13.2. The molecule has 2 heterocycles. The van der Waals surface area contributed by atoms with E-state index in [4.69, 9.17) is 0 Å². The zero-order chi connectivity index (χ0) is 13.9. The summed E-state index contributed by atoms with van der Waals surface area (Å²) in [5.41, 5.74) is 0.900. The Kier molecular flexibility index (Phi) is 3.76. The molecule has 1 aliphatic carbocycles. The van der Waals surface area contributed by atoms with Gasteiger partial charge in [-0.15, -0.1) is 0 Å². The van der Waals surface area contributed by atoms with E-state index in [1.165, 1.54) is 19.3 Å². The highest BCUT2D eigenvalue weighted by atomic mass is 15.1. The largest absolute Gasteiger partial charge is 0.369 e. The van der Waals surface area contributed by atoms with Crippen molar-refractivity contribution in [3.8, 4) is 0 Å². The molecule has 2 atom stereocenters. The van der Waals surface area contributed by atoms with Crippen LogP contribution in [0.3, 0.4) is 0 Å². The predicted molar refractivity (Wildman–Crippen MR) is 82.1 cm³/mol. The molecule has 0 amide bonds. The number of rotatable bonds is 5. The molecule has 1 saturated carbocycles. The van der Waals surface area contributed by atoms with Crippen molar-refractivity contribution in [2.45, 2.75) is 33.1 Å². The lowest BCUT2D eigenvalue weighted by atomic mass is 9.98. The molecule has 2 aromatic rings. The van der Waals surface area contributed by atoms with Crippen molar-refractivity contribution in [3.05, 3.63) is 18.6 Å². The summed E-state index contributed by atoms with van der Waals surface area (Å²) in [6.45, 7) is 6.29. The van der Waals surface area contributed by atoms with Crippen LogP contribution in [-0.4, -0.2) is 27.5 Å². The predicted octanol–water partition coefficient (Wildman–Crippen LogP) is 3.01. The third-order valence-electron chi connectivity index (χ3n) is 4.30. The molecule has 108 valence electrons. The third kappa shape index (κ3) is 2.57. The van der Waals surface area contributed by atoms with Gasteiger partial charge < -0.3 is 15.0 Å². The topological polar surface area (TPSA) is 54.2 Å². The van der Waals surface area contributed by atoms with Gasteiger partial charge in [0.25, 0.3) is 0 Å². The van der Waals surface area contributed by atoms with Gasteiger partial charge >= 0.3 is 0 Å². The zero-order valence-corrected chi connectivity index (χ0v) is 12.3. The zero-order valence-electron chi connectivity index (χ0n) is 12.3. The smallest absolute Gasteiger partial charge is 0.180 e. The van der Waals surface area contributed by atoms with Crippen LogP contribution in [0.25, 0.3) is 5.65 Å². The molecule has 1 aliphatic rings. The Labute approximate surface area is 119 Å². The molecule has 5 heteroatoms. The van der Waals surface area contributed by atoms with Crippen molar-refractivity contribution in [2.24, 2.45) is 11.8 Å². The molecule has 20 heavy (non-hydrogen) atoms.